The lowest BCUT2D eigenvalue weighted by Crippen LogP contribution is -2.31. The fourth-order valence-corrected chi connectivity index (χ4v) is 2.51. The predicted octanol–water partition coefficient (Wildman–Crippen LogP) is 3.05. The molecule has 0 aliphatic carbocycles. The van der Waals surface area contributed by atoms with Crippen molar-refractivity contribution < 1.29 is 14.6 Å². The molecule has 24 heavy (non-hydrogen) atoms. The first-order chi connectivity index (χ1) is 11.7. The Morgan fingerprint density at radius 1 is 1.21 bits per heavy atom. The largest absolute Gasteiger partial charge is 0.481 e. The normalized spacial score (nSPS) is 11.9. The quantitative estimate of drug-likeness (QED) is 0.701. The van der Waals surface area contributed by atoms with Crippen LogP contribution in [0.2, 0.25) is 0 Å². The molecule has 0 spiro atoms. The van der Waals surface area contributed by atoms with E-state index in [9.17, 15) is 4.79 Å². The standard InChI is InChI=1S/C19H24N2O3/c1-2-24-18-10-6-9-17(21-18)14-20-16(11-12-19(22)23)13-15-7-4-3-5-8-15/h3-10,16,20H,2,11-14H2,1H3,(H,22,23). The van der Waals surface area contributed by atoms with E-state index in [4.69, 9.17) is 9.84 Å². The average Bonchev–Trinajstić information content (AvgIpc) is 2.59. The summed E-state index contributed by atoms with van der Waals surface area (Å²) in [4.78, 5) is 15.3. The number of aromatic nitrogens is 1. The summed E-state index contributed by atoms with van der Waals surface area (Å²) in [5.74, 6) is -0.159. The molecule has 5 heteroatoms. The van der Waals surface area contributed by atoms with Gasteiger partial charge < -0.3 is 15.2 Å². The summed E-state index contributed by atoms with van der Waals surface area (Å²) in [5.41, 5.74) is 2.07. The Morgan fingerprint density at radius 2 is 2.00 bits per heavy atom. The number of aliphatic carboxylic acids is 1. The molecule has 1 aromatic heterocycles. The molecule has 0 amide bonds. The topological polar surface area (TPSA) is 71.5 Å². The van der Waals surface area contributed by atoms with E-state index in [-0.39, 0.29) is 12.5 Å². The van der Waals surface area contributed by atoms with E-state index in [2.05, 4.69) is 22.4 Å². The van der Waals surface area contributed by atoms with Crippen molar-refractivity contribution in [3.05, 3.63) is 59.8 Å². The molecule has 1 atom stereocenters. The Labute approximate surface area is 142 Å². The third-order valence-electron chi connectivity index (χ3n) is 3.68. The third kappa shape index (κ3) is 6.38. The Hall–Kier alpha value is -2.40. The molecule has 0 saturated heterocycles. The number of rotatable bonds is 10. The molecule has 2 N–H and O–H groups in total. The van der Waals surface area contributed by atoms with E-state index in [0.717, 1.165) is 12.1 Å². The van der Waals surface area contributed by atoms with Crippen LogP contribution in [0.1, 0.15) is 31.0 Å². The van der Waals surface area contributed by atoms with Crippen molar-refractivity contribution >= 4 is 5.97 Å². The summed E-state index contributed by atoms with van der Waals surface area (Å²) >= 11 is 0. The summed E-state index contributed by atoms with van der Waals surface area (Å²) in [6, 6.07) is 15.9. The minimum atomic E-state index is -0.772. The van der Waals surface area contributed by atoms with E-state index in [1.165, 1.54) is 5.56 Å². The number of nitrogens with zero attached hydrogens (tertiary/aromatic N) is 1. The van der Waals surface area contributed by atoms with Crippen LogP contribution in [0.15, 0.2) is 48.5 Å². The second kappa shape index (κ2) is 9.67. The molecule has 0 radical (unpaired) electrons. The second-order valence-electron chi connectivity index (χ2n) is 5.60. The summed E-state index contributed by atoms with van der Waals surface area (Å²) in [5, 5.41) is 12.4. The number of hydrogen-bond donors (Lipinski definition) is 2. The first-order valence-corrected chi connectivity index (χ1v) is 8.25. The molecule has 0 saturated carbocycles. The van der Waals surface area contributed by atoms with Crippen molar-refractivity contribution in [1.29, 1.82) is 0 Å². The van der Waals surface area contributed by atoms with Gasteiger partial charge in [-0.25, -0.2) is 4.98 Å². The Kier molecular flexibility index (Phi) is 7.23. The molecule has 0 fully saturated rings. The number of pyridine rings is 1. The zero-order valence-electron chi connectivity index (χ0n) is 13.9. The summed E-state index contributed by atoms with van der Waals surface area (Å²) in [6.07, 6.45) is 1.52. The summed E-state index contributed by atoms with van der Waals surface area (Å²) in [7, 11) is 0. The van der Waals surface area contributed by atoms with Crippen LogP contribution < -0.4 is 10.1 Å². The van der Waals surface area contributed by atoms with Gasteiger partial charge in [0.1, 0.15) is 0 Å². The lowest BCUT2D eigenvalue weighted by atomic mass is 10.0. The highest BCUT2D eigenvalue weighted by Crippen LogP contribution is 2.11. The summed E-state index contributed by atoms with van der Waals surface area (Å²) < 4.78 is 5.41. The van der Waals surface area contributed by atoms with Crippen LogP contribution in [-0.4, -0.2) is 28.7 Å². The average molecular weight is 328 g/mol. The van der Waals surface area contributed by atoms with Crippen molar-refractivity contribution in [2.45, 2.75) is 38.8 Å². The predicted molar refractivity (Wildman–Crippen MR) is 93.0 cm³/mol. The van der Waals surface area contributed by atoms with Crippen molar-refractivity contribution in [3.8, 4) is 5.88 Å². The van der Waals surface area contributed by atoms with E-state index in [1.54, 1.807) is 0 Å². The first kappa shape index (κ1) is 17.9. The maximum Gasteiger partial charge on any atom is 0.303 e. The van der Waals surface area contributed by atoms with Crippen LogP contribution in [0.25, 0.3) is 0 Å². The molecule has 1 aromatic carbocycles. The zero-order chi connectivity index (χ0) is 17.2. The molecule has 0 aliphatic heterocycles. The number of benzene rings is 1. The van der Waals surface area contributed by atoms with Gasteiger partial charge in [-0.3, -0.25) is 4.79 Å². The number of nitrogens with one attached hydrogen (secondary N) is 1. The monoisotopic (exact) mass is 328 g/mol. The molecule has 1 heterocycles. The fraction of sp³-hybridized carbons (Fsp3) is 0.368. The zero-order valence-corrected chi connectivity index (χ0v) is 13.9. The highest BCUT2D eigenvalue weighted by Gasteiger charge is 2.12. The highest BCUT2D eigenvalue weighted by atomic mass is 16.5. The van der Waals surface area contributed by atoms with Gasteiger partial charge in [0.2, 0.25) is 5.88 Å². The van der Waals surface area contributed by atoms with Crippen LogP contribution in [0.5, 0.6) is 5.88 Å². The molecule has 1 unspecified atom stereocenters. The van der Waals surface area contributed by atoms with Crippen molar-refractivity contribution in [2.75, 3.05) is 6.61 Å². The molecule has 0 aliphatic rings. The first-order valence-electron chi connectivity index (χ1n) is 8.25. The minimum absolute atomic E-state index is 0.0843. The van der Waals surface area contributed by atoms with Gasteiger partial charge in [-0.2, -0.15) is 0 Å². The number of carboxylic acids is 1. The van der Waals surface area contributed by atoms with Gasteiger partial charge in [-0.05, 0) is 31.4 Å². The Morgan fingerprint density at radius 3 is 2.71 bits per heavy atom. The highest BCUT2D eigenvalue weighted by molar-refractivity contribution is 5.66. The molecule has 128 valence electrons. The molecule has 2 aromatic rings. The van der Waals surface area contributed by atoms with Gasteiger partial charge in [0.15, 0.2) is 0 Å². The smallest absolute Gasteiger partial charge is 0.303 e. The molecular weight excluding hydrogens is 304 g/mol. The maximum atomic E-state index is 10.9. The third-order valence-corrected chi connectivity index (χ3v) is 3.68. The SMILES string of the molecule is CCOc1cccc(CNC(CCC(=O)O)Cc2ccccc2)n1. The maximum absolute atomic E-state index is 10.9. The van der Waals surface area contributed by atoms with Gasteiger partial charge in [-0.15, -0.1) is 0 Å². The van der Waals surface area contributed by atoms with Crippen LogP contribution in [0.3, 0.4) is 0 Å². The molecule has 0 bridgehead atoms. The van der Waals surface area contributed by atoms with Gasteiger partial charge in [-0.1, -0.05) is 36.4 Å². The van der Waals surface area contributed by atoms with Crippen LogP contribution in [0, 0.1) is 0 Å². The van der Waals surface area contributed by atoms with Crippen LogP contribution in [-0.2, 0) is 17.8 Å². The van der Waals surface area contributed by atoms with Crippen molar-refractivity contribution in [3.63, 3.8) is 0 Å². The molecular formula is C19H24N2O3. The Balaban J connectivity index is 1.96. The number of hydrogen-bond acceptors (Lipinski definition) is 4. The lowest BCUT2D eigenvalue weighted by molar-refractivity contribution is -0.137. The van der Waals surface area contributed by atoms with Gasteiger partial charge in [0.05, 0.1) is 12.3 Å². The number of carbonyl (C=O) groups is 1. The Bertz CT molecular complexity index is 632. The van der Waals surface area contributed by atoms with Crippen LogP contribution in [0.4, 0.5) is 0 Å². The van der Waals surface area contributed by atoms with Gasteiger partial charge in [0, 0.05) is 25.1 Å². The number of ether oxygens (including phenoxy) is 1. The fourth-order valence-electron chi connectivity index (χ4n) is 2.51. The second-order valence-corrected chi connectivity index (χ2v) is 5.60. The molecule has 5 nitrogen and oxygen atoms in total. The lowest BCUT2D eigenvalue weighted by Gasteiger charge is -2.18. The minimum Gasteiger partial charge on any atom is -0.481 e. The van der Waals surface area contributed by atoms with E-state index in [1.807, 2.05) is 43.3 Å². The van der Waals surface area contributed by atoms with Crippen molar-refractivity contribution in [2.24, 2.45) is 0 Å². The van der Waals surface area contributed by atoms with E-state index < -0.39 is 5.97 Å². The van der Waals surface area contributed by atoms with Gasteiger partial charge in [0.25, 0.3) is 0 Å². The molecule has 2 rings (SSSR count). The summed E-state index contributed by atoms with van der Waals surface area (Å²) in [6.45, 7) is 3.09. The van der Waals surface area contributed by atoms with Crippen LogP contribution >= 0.6 is 0 Å². The number of carboxylic acid groups (broad SMARTS) is 1. The van der Waals surface area contributed by atoms with E-state index in [0.29, 0.717) is 25.5 Å². The van der Waals surface area contributed by atoms with Crippen molar-refractivity contribution in [1.82, 2.24) is 10.3 Å². The van der Waals surface area contributed by atoms with E-state index >= 15 is 0 Å². The van der Waals surface area contributed by atoms with Gasteiger partial charge >= 0.3 is 5.97 Å².